The molecule has 2 N–H and O–H groups in total. The number of nitrogens with two attached hydrogens (primary N) is 1. The van der Waals surface area contributed by atoms with Crippen LogP contribution in [0.2, 0.25) is 0 Å². The number of fused-ring (bicyclic) bond motifs is 1. The van der Waals surface area contributed by atoms with E-state index in [0.29, 0.717) is 18.9 Å². The van der Waals surface area contributed by atoms with Gasteiger partial charge in [-0.2, -0.15) is 0 Å². The summed E-state index contributed by atoms with van der Waals surface area (Å²) in [5.41, 5.74) is 9.33. The van der Waals surface area contributed by atoms with E-state index in [9.17, 15) is 9.59 Å². The molecule has 2 aliphatic heterocycles. The predicted octanol–water partition coefficient (Wildman–Crippen LogP) is 1.84. The van der Waals surface area contributed by atoms with Crippen LogP contribution in [0.1, 0.15) is 17.5 Å². The van der Waals surface area contributed by atoms with Gasteiger partial charge >= 0.3 is 12.1 Å². The van der Waals surface area contributed by atoms with Crippen molar-refractivity contribution in [3.05, 3.63) is 41.9 Å². The Kier molecular flexibility index (Phi) is 4.39. The van der Waals surface area contributed by atoms with Crippen LogP contribution in [-0.4, -0.2) is 58.5 Å². The second kappa shape index (κ2) is 6.86. The van der Waals surface area contributed by atoms with Gasteiger partial charge < -0.3 is 15.5 Å². The largest absolute Gasteiger partial charge is 0.351 e. The van der Waals surface area contributed by atoms with E-state index < -0.39 is 6.03 Å². The highest BCUT2D eigenvalue weighted by Gasteiger charge is 2.25. The van der Waals surface area contributed by atoms with Crippen LogP contribution in [0.15, 0.2) is 30.7 Å². The maximum Gasteiger partial charge on any atom is 0.320 e. The highest BCUT2D eigenvalue weighted by molar-refractivity contribution is 5.91. The molecule has 4 rings (SSSR count). The molecule has 8 heteroatoms. The minimum Gasteiger partial charge on any atom is -0.351 e. The fraction of sp³-hybridized carbons (Fsp3) is 0.368. The number of likely N-dealkylation sites (N-methyl/N-ethyl adjacent to an activating group) is 1. The van der Waals surface area contributed by atoms with Crippen LogP contribution in [0.5, 0.6) is 0 Å². The first-order valence-electron chi connectivity index (χ1n) is 9.03. The average Bonchev–Trinajstić information content (AvgIpc) is 2.99. The summed E-state index contributed by atoms with van der Waals surface area (Å²) in [6, 6.07) is 3.66. The van der Waals surface area contributed by atoms with E-state index in [1.54, 1.807) is 23.5 Å². The summed E-state index contributed by atoms with van der Waals surface area (Å²) in [7, 11) is 1.81. The lowest BCUT2D eigenvalue weighted by Gasteiger charge is -2.26. The Morgan fingerprint density at radius 3 is 2.70 bits per heavy atom. The number of rotatable bonds is 3. The number of aryl methyl sites for hydroxylation is 1. The second-order valence-corrected chi connectivity index (χ2v) is 7.01. The fourth-order valence-corrected chi connectivity index (χ4v) is 3.64. The maximum absolute atomic E-state index is 12.1. The molecule has 0 saturated carbocycles. The van der Waals surface area contributed by atoms with E-state index in [-0.39, 0.29) is 6.03 Å². The number of nitrogens with zero attached hydrogens (tertiary/aromatic N) is 5. The molecule has 0 aromatic carbocycles. The Balaban J connectivity index is 1.59. The molecule has 0 aliphatic carbocycles. The number of hydrogen-bond donors (Lipinski definition) is 1. The topological polar surface area (TPSA) is 95.7 Å². The van der Waals surface area contributed by atoms with E-state index in [2.05, 4.69) is 9.97 Å². The van der Waals surface area contributed by atoms with Gasteiger partial charge in [0.15, 0.2) is 0 Å². The predicted molar refractivity (Wildman–Crippen MR) is 101 cm³/mol. The Morgan fingerprint density at radius 2 is 1.96 bits per heavy atom. The Morgan fingerprint density at radius 1 is 1.15 bits per heavy atom. The van der Waals surface area contributed by atoms with E-state index in [0.717, 1.165) is 48.2 Å². The van der Waals surface area contributed by atoms with Gasteiger partial charge in [-0.05, 0) is 36.1 Å². The number of aromatic nitrogens is 2. The summed E-state index contributed by atoms with van der Waals surface area (Å²) in [5, 5.41) is 0. The first kappa shape index (κ1) is 17.3. The molecule has 140 valence electrons. The number of anilines is 1. The highest BCUT2D eigenvalue weighted by atomic mass is 16.2. The summed E-state index contributed by atoms with van der Waals surface area (Å²) < 4.78 is 0. The van der Waals surface area contributed by atoms with Crippen LogP contribution >= 0.6 is 0 Å². The number of urea groups is 2. The third-order valence-corrected chi connectivity index (χ3v) is 5.10. The number of primary amides is 1. The van der Waals surface area contributed by atoms with Gasteiger partial charge in [0.25, 0.3) is 0 Å². The average molecular weight is 366 g/mol. The lowest BCUT2D eigenvalue weighted by molar-refractivity contribution is 0.197. The first-order valence-corrected chi connectivity index (χ1v) is 9.03. The third-order valence-electron chi connectivity index (χ3n) is 5.10. The van der Waals surface area contributed by atoms with Crippen LogP contribution in [0.4, 0.5) is 15.4 Å². The minimum atomic E-state index is -0.472. The zero-order chi connectivity index (χ0) is 19.0. The summed E-state index contributed by atoms with van der Waals surface area (Å²) in [6.45, 7) is 2.61. The van der Waals surface area contributed by atoms with E-state index >= 15 is 0 Å². The molecule has 27 heavy (non-hydrogen) atoms. The summed E-state index contributed by atoms with van der Waals surface area (Å²) in [6.07, 6.45) is 7.05. The molecule has 0 unspecified atom stereocenters. The van der Waals surface area contributed by atoms with Gasteiger partial charge in [-0.15, -0.1) is 0 Å². The monoisotopic (exact) mass is 366 g/mol. The first-order chi connectivity index (χ1) is 13.0. The molecule has 4 heterocycles. The fourth-order valence-electron chi connectivity index (χ4n) is 3.64. The molecule has 4 amide bonds. The van der Waals surface area contributed by atoms with Crippen LogP contribution in [0.25, 0.3) is 11.1 Å². The number of carbonyl (C=O) groups excluding carboxylic acids is 2. The molecular formula is C19H22N6O2. The van der Waals surface area contributed by atoms with Gasteiger partial charge in [0.2, 0.25) is 0 Å². The number of pyridine rings is 2. The Hall–Kier alpha value is -3.16. The summed E-state index contributed by atoms with van der Waals surface area (Å²) >= 11 is 0. The lowest BCUT2D eigenvalue weighted by Crippen LogP contribution is -2.40. The number of amides is 4. The normalized spacial score (nSPS) is 16.6. The van der Waals surface area contributed by atoms with Gasteiger partial charge in [0, 0.05) is 62.9 Å². The molecule has 0 bridgehead atoms. The molecular weight excluding hydrogens is 344 g/mol. The molecule has 0 atom stereocenters. The van der Waals surface area contributed by atoms with Crippen molar-refractivity contribution in [1.29, 1.82) is 0 Å². The van der Waals surface area contributed by atoms with E-state index in [4.69, 9.17) is 5.73 Å². The quantitative estimate of drug-likeness (QED) is 0.896. The van der Waals surface area contributed by atoms with Gasteiger partial charge in [-0.3, -0.25) is 9.88 Å². The van der Waals surface area contributed by atoms with Crippen molar-refractivity contribution < 1.29 is 9.59 Å². The molecule has 0 radical (unpaired) electrons. The van der Waals surface area contributed by atoms with Crippen molar-refractivity contribution in [3.8, 4) is 11.1 Å². The maximum atomic E-state index is 12.1. The molecule has 1 fully saturated rings. The molecule has 8 nitrogen and oxygen atoms in total. The zero-order valence-electron chi connectivity index (χ0n) is 15.3. The van der Waals surface area contributed by atoms with Gasteiger partial charge in [0.05, 0.1) is 0 Å². The highest BCUT2D eigenvalue weighted by Crippen LogP contribution is 2.29. The molecule has 1 saturated heterocycles. The van der Waals surface area contributed by atoms with E-state index in [1.165, 1.54) is 4.90 Å². The standard InChI is InChI=1S/C19H22N6O2/c1-23-5-6-24(19(23)27)12-13-7-15(10-21-9-13)16-8-14-3-2-4-25(18(20)26)17(14)22-11-16/h7-11H,2-6,12H2,1H3,(H2,20,26). The van der Waals surface area contributed by atoms with Crippen LogP contribution in [-0.2, 0) is 13.0 Å². The number of hydrogen-bond acceptors (Lipinski definition) is 4. The molecule has 2 aliphatic rings. The van der Waals surface area contributed by atoms with Crippen LogP contribution < -0.4 is 10.6 Å². The lowest BCUT2D eigenvalue weighted by atomic mass is 10.0. The van der Waals surface area contributed by atoms with Crippen molar-refractivity contribution in [2.75, 3.05) is 31.6 Å². The minimum absolute atomic E-state index is 0.0439. The van der Waals surface area contributed by atoms with Crippen LogP contribution in [0, 0.1) is 0 Å². The van der Waals surface area contributed by atoms with Crippen molar-refractivity contribution in [2.24, 2.45) is 5.73 Å². The summed E-state index contributed by atoms with van der Waals surface area (Å²) in [5.74, 6) is 0.646. The Labute approximate surface area is 157 Å². The second-order valence-electron chi connectivity index (χ2n) is 7.01. The van der Waals surface area contributed by atoms with Gasteiger partial charge in [0.1, 0.15) is 5.82 Å². The third kappa shape index (κ3) is 3.30. The van der Waals surface area contributed by atoms with Crippen molar-refractivity contribution in [1.82, 2.24) is 19.8 Å². The van der Waals surface area contributed by atoms with Crippen LogP contribution in [0.3, 0.4) is 0 Å². The SMILES string of the molecule is CN1CCN(Cc2cncc(-c3cnc4c(c3)CCCN4C(N)=O)c2)C1=O. The zero-order valence-corrected chi connectivity index (χ0v) is 15.3. The van der Waals surface area contributed by atoms with E-state index in [1.807, 2.05) is 24.1 Å². The van der Waals surface area contributed by atoms with Crippen molar-refractivity contribution in [3.63, 3.8) is 0 Å². The summed E-state index contributed by atoms with van der Waals surface area (Å²) in [4.78, 5) is 37.6. The van der Waals surface area contributed by atoms with Crippen molar-refractivity contribution >= 4 is 17.9 Å². The molecule has 2 aromatic heterocycles. The van der Waals surface area contributed by atoms with Gasteiger partial charge in [-0.1, -0.05) is 0 Å². The molecule has 2 aromatic rings. The molecule has 0 spiro atoms. The number of carbonyl (C=O) groups is 2. The smallest absolute Gasteiger partial charge is 0.320 e. The van der Waals surface area contributed by atoms with Crippen molar-refractivity contribution in [2.45, 2.75) is 19.4 Å². The van der Waals surface area contributed by atoms with Gasteiger partial charge in [-0.25, -0.2) is 14.6 Å². The Bertz CT molecular complexity index is 900.